The van der Waals surface area contributed by atoms with Crippen molar-refractivity contribution in [2.75, 3.05) is 19.1 Å². The van der Waals surface area contributed by atoms with E-state index in [-0.39, 0.29) is 19.0 Å². The molecule has 0 radical (unpaired) electrons. The minimum Gasteiger partial charge on any atom is -0.493 e. The Labute approximate surface area is 198 Å². The van der Waals surface area contributed by atoms with Gasteiger partial charge >= 0.3 is 12.1 Å². The summed E-state index contributed by atoms with van der Waals surface area (Å²) in [6.07, 6.45) is -2.77. The molecule has 3 rings (SSSR count). The number of ether oxygens (including phenoxy) is 3. The van der Waals surface area contributed by atoms with Gasteiger partial charge in [-0.3, -0.25) is 10.2 Å². The molecule has 180 valence electrons. The first-order valence-corrected chi connectivity index (χ1v) is 11.0. The summed E-state index contributed by atoms with van der Waals surface area (Å²) in [5.74, 6) is 0.445. The second-order valence-electron chi connectivity index (χ2n) is 6.89. The number of hydrogen-bond acceptors (Lipinski definition) is 8. The lowest BCUT2D eigenvalue weighted by Gasteiger charge is -2.12. The maximum Gasteiger partial charge on any atom is 0.416 e. The van der Waals surface area contributed by atoms with Gasteiger partial charge in [0.15, 0.2) is 11.5 Å². The molecule has 11 heteroatoms. The Bertz CT molecular complexity index is 1150. The number of hydrogen-bond donors (Lipinski definition) is 1. The molecule has 7 nitrogen and oxygen atoms in total. The number of anilines is 1. The Balaban J connectivity index is 1.59. The second-order valence-corrected chi connectivity index (χ2v) is 7.75. The summed E-state index contributed by atoms with van der Waals surface area (Å²) >= 11 is 1.30. The summed E-state index contributed by atoms with van der Waals surface area (Å²) in [6, 6.07) is 10.0. The number of carbonyl (C=O) groups is 1. The third-order valence-electron chi connectivity index (χ3n) is 4.39. The van der Waals surface area contributed by atoms with E-state index in [1.54, 1.807) is 42.8 Å². The Morgan fingerprint density at radius 3 is 2.76 bits per heavy atom. The molecule has 0 spiro atoms. The minimum absolute atomic E-state index is 0.0482. The van der Waals surface area contributed by atoms with Crippen LogP contribution in [0.3, 0.4) is 0 Å². The number of benzene rings is 2. The first-order valence-electron chi connectivity index (χ1n) is 10.1. The molecule has 1 aromatic heterocycles. The lowest BCUT2D eigenvalue weighted by Crippen LogP contribution is -2.07. The van der Waals surface area contributed by atoms with Crippen LogP contribution in [0.4, 0.5) is 18.3 Å². The van der Waals surface area contributed by atoms with Crippen LogP contribution in [0.1, 0.15) is 29.3 Å². The van der Waals surface area contributed by atoms with E-state index in [1.165, 1.54) is 24.5 Å². The van der Waals surface area contributed by atoms with Crippen LogP contribution in [0.2, 0.25) is 0 Å². The number of nitrogens with zero attached hydrogens (tertiary/aromatic N) is 2. The van der Waals surface area contributed by atoms with Crippen molar-refractivity contribution in [3.63, 3.8) is 0 Å². The average Bonchev–Trinajstić information content (AvgIpc) is 3.24. The van der Waals surface area contributed by atoms with Crippen molar-refractivity contribution < 1.29 is 32.2 Å². The molecule has 3 aromatic rings. The Morgan fingerprint density at radius 1 is 1.21 bits per heavy atom. The second kappa shape index (κ2) is 11.5. The van der Waals surface area contributed by atoms with Crippen LogP contribution < -0.4 is 14.9 Å². The smallest absolute Gasteiger partial charge is 0.416 e. The van der Waals surface area contributed by atoms with Crippen LogP contribution >= 0.6 is 11.3 Å². The van der Waals surface area contributed by atoms with Crippen molar-refractivity contribution in [1.29, 1.82) is 0 Å². The fourth-order valence-electron chi connectivity index (χ4n) is 2.84. The van der Waals surface area contributed by atoms with Gasteiger partial charge in [0.1, 0.15) is 6.61 Å². The fourth-order valence-corrected chi connectivity index (χ4v) is 3.50. The van der Waals surface area contributed by atoms with E-state index >= 15 is 0 Å². The molecule has 0 atom stereocenters. The van der Waals surface area contributed by atoms with Crippen LogP contribution in [-0.2, 0) is 28.7 Å². The van der Waals surface area contributed by atoms with Crippen LogP contribution in [0.5, 0.6) is 11.5 Å². The molecule has 1 heterocycles. The number of aromatic nitrogens is 1. The largest absolute Gasteiger partial charge is 0.493 e. The van der Waals surface area contributed by atoms with Gasteiger partial charge in [0.25, 0.3) is 0 Å². The standard InChI is InChI=1S/C23H22F3N3O4S/c1-3-32-21(30)11-18-14-34-22(28-18)29-27-12-15-7-8-19(20(10-15)31-2)33-13-16-5-4-6-17(9-16)23(24,25)26/h4-10,12,14H,3,11,13H2,1-2H3,(H,28,29). The molecule has 0 saturated heterocycles. The minimum atomic E-state index is -4.41. The molecule has 0 fully saturated rings. The number of thiazole rings is 1. The Morgan fingerprint density at radius 2 is 2.03 bits per heavy atom. The maximum absolute atomic E-state index is 12.9. The van der Waals surface area contributed by atoms with Crippen molar-refractivity contribution in [1.82, 2.24) is 4.98 Å². The van der Waals surface area contributed by atoms with E-state index in [9.17, 15) is 18.0 Å². The zero-order valence-corrected chi connectivity index (χ0v) is 19.2. The molecule has 0 saturated carbocycles. The van der Waals surface area contributed by atoms with Crippen molar-refractivity contribution >= 4 is 28.7 Å². The van der Waals surface area contributed by atoms with Crippen LogP contribution in [0, 0.1) is 0 Å². The van der Waals surface area contributed by atoms with Gasteiger partial charge in [-0.25, -0.2) is 4.98 Å². The van der Waals surface area contributed by atoms with E-state index in [2.05, 4.69) is 15.5 Å². The van der Waals surface area contributed by atoms with Crippen molar-refractivity contribution in [3.8, 4) is 11.5 Å². The summed E-state index contributed by atoms with van der Waals surface area (Å²) in [7, 11) is 1.46. The number of esters is 1. The van der Waals surface area contributed by atoms with Crippen molar-refractivity contribution in [2.24, 2.45) is 5.10 Å². The van der Waals surface area contributed by atoms with Crippen LogP contribution in [0.15, 0.2) is 52.9 Å². The monoisotopic (exact) mass is 493 g/mol. The van der Waals surface area contributed by atoms with Crippen LogP contribution in [-0.4, -0.2) is 30.9 Å². The fraction of sp³-hybridized carbons (Fsp3) is 0.261. The highest BCUT2D eigenvalue weighted by atomic mass is 32.1. The first kappa shape index (κ1) is 25.0. The van der Waals surface area contributed by atoms with Gasteiger partial charge in [-0.15, -0.1) is 11.3 Å². The molecule has 34 heavy (non-hydrogen) atoms. The number of methoxy groups -OCH3 is 1. The third-order valence-corrected chi connectivity index (χ3v) is 5.19. The molecular formula is C23H22F3N3O4S. The predicted molar refractivity (Wildman–Crippen MR) is 122 cm³/mol. The highest BCUT2D eigenvalue weighted by Crippen LogP contribution is 2.31. The molecule has 1 N–H and O–H groups in total. The van der Waals surface area contributed by atoms with Crippen LogP contribution in [0.25, 0.3) is 0 Å². The molecule has 0 amide bonds. The van der Waals surface area contributed by atoms with E-state index in [0.29, 0.717) is 40.1 Å². The van der Waals surface area contributed by atoms with Gasteiger partial charge in [-0.1, -0.05) is 12.1 Å². The summed E-state index contributed by atoms with van der Waals surface area (Å²) in [5.41, 5.74) is 3.74. The highest BCUT2D eigenvalue weighted by molar-refractivity contribution is 7.13. The third kappa shape index (κ3) is 7.20. The number of halogens is 3. The number of alkyl halides is 3. The Kier molecular flexibility index (Phi) is 8.47. The van der Waals surface area contributed by atoms with E-state index in [1.807, 2.05) is 0 Å². The number of hydrazone groups is 1. The maximum atomic E-state index is 12.9. The van der Waals surface area contributed by atoms with E-state index < -0.39 is 11.7 Å². The zero-order valence-electron chi connectivity index (χ0n) is 18.4. The van der Waals surface area contributed by atoms with Crippen molar-refractivity contribution in [2.45, 2.75) is 26.1 Å². The Hall–Kier alpha value is -3.60. The van der Waals surface area contributed by atoms with Gasteiger partial charge < -0.3 is 14.2 Å². The van der Waals surface area contributed by atoms with Crippen molar-refractivity contribution in [3.05, 3.63) is 70.2 Å². The zero-order chi connectivity index (χ0) is 24.6. The molecule has 2 aromatic carbocycles. The summed E-state index contributed by atoms with van der Waals surface area (Å²) in [4.78, 5) is 15.8. The molecule has 0 bridgehead atoms. The van der Waals surface area contributed by atoms with Gasteiger partial charge in [-0.2, -0.15) is 18.3 Å². The summed E-state index contributed by atoms with van der Waals surface area (Å²) in [6.45, 7) is 2.01. The molecule has 0 aliphatic carbocycles. The molecule has 0 aliphatic heterocycles. The first-order chi connectivity index (χ1) is 16.3. The lowest BCUT2D eigenvalue weighted by molar-refractivity contribution is -0.142. The van der Waals surface area contributed by atoms with Gasteiger partial charge in [0, 0.05) is 5.38 Å². The summed E-state index contributed by atoms with van der Waals surface area (Å²) < 4.78 is 54.5. The topological polar surface area (TPSA) is 82.0 Å². The van der Waals surface area contributed by atoms with E-state index in [4.69, 9.17) is 14.2 Å². The predicted octanol–water partition coefficient (Wildman–Crippen LogP) is 5.30. The highest BCUT2D eigenvalue weighted by Gasteiger charge is 2.30. The van der Waals surface area contributed by atoms with Gasteiger partial charge in [0.05, 0.1) is 37.6 Å². The quantitative estimate of drug-likeness (QED) is 0.235. The normalized spacial score (nSPS) is 11.4. The molecular weight excluding hydrogens is 471 g/mol. The number of rotatable bonds is 10. The summed E-state index contributed by atoms with van der Waals surface area (Å²) in [5, 5.41) is 6.39. The lowest BCUT2D eigenvalue weighted by atomic mass is 10.1. The van der Waals surface area contributed by atoms with Gasteiger partial charge in [0.2, 0.25) is 5.13 Å². The van der Waals surface area contributed by atoms with E-state index in [0.717, 1.165) is 12.1 Å². The molecule has 0 unspecified atom stereocenters. The SMILES string of the molecule is CCOC(=O)Cc1csc(NN=Cc2ccc(OCc3cccc(C(F)(F)F)c3)c(OC)c2)n1. The van der Waals surface area contributed by atoms with Gasteiger partial charge in [-0.05, 0) is 48.4 Å². The number of nitrogens with one attached hydrogen (secondary N) is 1. The average molecular weight is 494 g/mol. The number of carbonyl (C=O) groups excluding carboxylic acids is 1. The molecule has 0 aliphatic rings.